The number of benzene rings is 1. The number of nitrogens with zero attached hydrogens (tertiary/aromatic N) is 3. The summed E-state index contributed by atoms with van der Waals surface area (Å²) in [4.78, 5) is 7.95. The SMILES string of the molecule is COc1cccc(Oc2cnc(C(N)=NO)cn2)c1. The monoisotopic (exact) mass is 260 g/mol. The largest absolute Gasteiger partial charge is 0.497 e. The predicted molar refractivity (Wildman–Crippen MR) is 67.6 cm³/mol. The first kappa shape index (κ1) is 12.6. The first-order chi connectivity index (χ1) is 9.22. The number of nitrogens with two attached hydrogens (primary N) is 1. The molecule has 0 saturated heterocycles. The topological polar surface area (TPSA) is 103 Å². The van der Waals surface area contributed by atoms with Crippen molar-refractivity contribution in [1.29, 1.82) is 0 Å². The average molecular weight is 260 g/mol. The van der Waals surface area contributed by atoms with Crippen molar-refractivity contribution >= 4 is 5.84 Å². The van der Waals surface area contributed by atoms with E-state index < -0.39 is 0 Å². The van der Waals surface area contributed by atoms with Gasteiger partial charge in [0.25, 0.3) is 0 Å². The van der Waals surface area contributed by atoms with Crippen LogP contribution in [0.1, 0.15) is 5.69 Å². The smallest absolute Gasteiger partial charge is 0.237 e. The van der Waals surface area contributed by atoms with E-state index in [2.05, 4.69) is 15.1 Å². The summed E-state index contributed by atoms with van der Waals surface area (Å²) in [6, 6.07) is 7.09. The molecule has 0 amide bonds. The van der Waals surface area contributed by atoms with Gasteiger partial charge in [-0.1, -0.05) is 11.2 Å². The zero-order chi connectivity index (χ0) is 13.7. The molecule has 0 aliphatic rings. The Kier molecular flexibility index (Phi) is 3.77. The van der Waals surface area contributed by atoms with Gasteiger partial charge in [0.1, 0.15) is 17.2 Å². The van der Waals surface area contributed by atoms with E-state index in [4.69, 9.17) is 20.4 Å². The van der Waals surface area contributed by atoms with E-state index in [1.54, 1.807) is 31.4 Å². The van der Waals surface area contributed by atoms with Gasteiger partial charge in [-0.15, -0.1) is 0 Å². The number of amidine groups is 1. The van der Waals surface area contributed by atoms with E-state index in [0.29, 0.717) is 17.4 Å². The molecule has 3 N–H and O–H groups in total. The Balaban J connectivity index is 2.15. The Morgan fingerprint density at radius 2 is 2.05 bits per heavy atom. The predicted octanol–water partition coefficient (Wildman–Crippen LogP) is 1.37. The Hall–Kier alpha value is -2.83. The van der Waals surface area contributed by atoms with Gasteiger partial charge in [0.05, 0.1) is 19.5 Å². The number of oxime groups is 1. The number of ether oxygens (including phenoxy) is 2. The van der Waals surface area contributed by atoms with Gasteiger partial charge < -0.3 is 20.4 Å². The molecule has 1 aromatic heterocycles. The quantitative estimate of drug-likeness (QED) is 0.372. The number of methoxy groups -OCH3 is 1. The van der Waals surface area contributed by atoms with Crippen molar-refractivity contribution in [1.82, 2.24) is 9.97 Å². The highest BCUT2D eigenvalue weighted by atomic mass is 16.5. The van der Waals surface area contributed by atoms with Crippen LogP contribution in [0, 0.1) is 0 Å². The van der Waals surface area contributed by atoms with Gasteiger partial charge in [-0.05, 0) is 12.1 Å². The zero-order valence-corrected chi connectivity index (χ0v) is 10.1. The highest BCUT2D eigenvalue weighted by molar-refractivity contribution is 5.94. The second kappa shape index (κ2) is 5.67. The molecular weight excluding hydrogens is 248 g/mol. The van der Waals surface area contributed by atoms with Crippen LogP contribution in [0.5, 0.6) is 17.4 Å². The molecule has 0 aliphatic heterocycles. The third-order valence-corrected chi connectivity index (χ3v) is 2.26. The molecule has 0 aliphatic carbocycles. The molecule has 2 rings (SSSR count). The van der Waals surface area contributed by atoms with E-state index in [-0.39, 0.29) is 11.5 Å². The molecule has 7 heteroatoms. The van der Waals surface area contributed by atoms with Gasteiger partial charge in [0.2, 0.25) is 5.88 Å². The lowest BCUT2D eigenvalue weighted by molar-refractivity contribution is 0.318. The zero-order valence-electron chi connectivity index (χ0n) is 10.1. The molecule has 0 saturated carbocycles. The normalized spacial score (nSPS) is 11.1. The molecular formula is C12H12N4O3. The molecule has 2 aromatic rings. The van der Waals surface area contributed by atoms with Gasteiger partial charge in [-0.3, -0.25) is 0 Å². The van der Waals surface area contributed by atoms with Crippen LogP contribution in [0.2, 0.25) is 0 Å². The maximum Gasteiger partial charge on any atom is 0.237 e. The fourth-order valence-corrected chi connectivity index (χ4v) is 1.34. The molecule has 19 heavy (non-hydrogen) atoms. The molecule has 0 fully saturated rings. The van der Waals surface area contributed by atoms with Crippen molar-refractivity contribution in [2.24, 2.45) is 10.9 Å². The highest BCUT2D eigenvalue weighted by Crippen LogP contribution is 2.23. The molecule has 0 bridgehead atoms. The van der Waals surface area contributed by atoms with Crippen LogP contribution in [0.15, 0.2) is 41.8 Å². The van der Waals surface area contributed by atoms with Crippen molar-refractivity contribution in [3.63, 3.8) is 0 Å². The van der Waals surface area contributed by atoms with Crippen molar-refractivity contribution in [3.05, 3.63) is 42.4 Å². The lowest BCUT2D eigenvalue weighted by Gasteiger charge is -2.06. The maximum atomic E-state index is 8.50. The molecule has 1 aromatic carbocycles. The first-order valence-corrected chi connectivity index (χ1v) is 5.35. The molecule has 0 unspecified atom stereocenters. The summed E-state index contributed by atoms with van der Waals surface area (Å²) in [5.74, 6) is 1.44. The van der Waals surface area contributed by atoms with E-state index in [9.17, 15) is 0 Å². The van der Waals surface area contributed by atoms with Gasteiger partial charge in [-0.2, -0.15) is 0 Å². The third-order valence-electron chi connectivity index (χ3n) is 2.26. The number of aromatic nitrogens is 2. The number of hydrogen-bond donors (Lipinski definition) is 2. The van der Waals surface area contributed by atoms with Crippen molar-refractivity contribution < 1.29 is 14.7 Å². The van der Waals surface area contributed by atoms with Crippen LogP contribution in [0.25, 0.3) is 0 Å². The van der Waals surface area contributed by atoms with Crippen LogP contribution in [-0.4, -0.2) is 28.1 Å². The Morgan fingerprint density at radius 1 is 1.26 bits per heavy atom. The van der Waals surface area contributed by atoms with E-state index in [1.807, 2.05) is 0 Å². The summed E-state index contributed by atoms with van der Waals surface area (Å²) >= 11 is 0. The van der Waals surface area contributed by atoms with Crippen LogP contribution in [-0.2, 0) is 0 Å². The number of hydrogen-bond acceptors (Lipinski definition) is 6. The molecule has 0 atom stereocenters. The average Bonchev–Trinajstić information content (AvgIpc) is 2.47. The summed E-state index contributed by atoms with van der Waals surface area (Å²) in [6.07, 6.45) is 2.73. The Bertz CT molecular complexity index is 584. The van der Waals surface area contributed by atoms with Crippen LogP contribution < -0.4 is 15.2 Å². The molecule has 0 radical (unpaired) electrons. The summed E-state index contributed by atoms with van der Waals surface area (Å²) in [5, 5.41) is 11.3. The Labute approximate surface area is 109 Å². The van der Waals surface area contributed by atoms with Crippen molar-refractivity contribution in [2.45, 2.75) is 0 Å². The van der Waals surface area contributed by atoms with Gasteiger partial charge in [0.15, 0.2) is 5.84 Å². The fraction of sp³-hybridized carbons (Fsp3) is 0.0833. The second-order valence-corrected chi connectivity index (χ2v) is 3.51. The summed E-state index contributed by atoms with van der Waals surface area (Å²) in [6.45, 7) is 0. The second-order valence-electron chi connectivity index (χ2n) is 3.51. The molecule has 98 valence electrons. The molecule has 7 nitrogen and oxygen atoms in total. The van der Waals surface area contributed by atoms with Crippen LogP contribution in [0.4, 0.5) is 0 Å². The standard InChI is InChI=1S/C12H12N4O3/c1-18-8-3-2-4-9(5-8)19-11-7-14-10(6-15-11)12(13)16-17/h2-7,17H,1H3,(H2,13,16). The maximum absolute atomic E-state index is 8.50. The lowest BCUT2D eigenvalue weighted by atomic mass is 10.3. The minimum atomic E-state index is -0.111. The molecule has 1 heterocycles. The third kappa shape index (κ3) is 3.09. The van der Waals surface area contributed by atoms with E-state index in [0.717, 1.165) is 0 Å². The summed E-state index contributed by atoms with van der Waals surface area (Å²) < 4.78 is 10.6. The van der Waals surface area contributed by atoms with Crippen molar-refractivity contribution in [2.75, 3.05) is 7.11 Å². The van der Waals surface area contributed by atoms with Crippen molar-refractivity contribution in [3.8, 4) is 17.4 Å². The van der Waals surface area contributed by atoms with Crippen LogP contribution >= 0.6 is 0 Å². The first-order valence-electron chi connectivity index (χ1n) is 5.35. The summed E-state index contributed by atoms with van der Waals surface area (Å²) in [7, 11) is 1.57. The highest BCUT2D eigenvalue weighted by Gasteiger charge is 2.04. The summed E-state index contributed by atoms with van der Waals surface area (Å²) in [5.41, 5.74) is 5.64. The van der Waals surface area contributed by atoms with Gasteiger partial charge in [0, 0.05) is 6.07 Å². The number of rotatable bonds is 4. The van der Waals surface area contributed by atoms with E-state index >= 15 is 0 Å². The van der Waals surface area contributed by atoms with Gasteiger partial charge >= 0.3 is 0 Å². The van der Waals surface area contributed by atoms with E-state index in [1.165, 1.54) is 12.4 Å². The Morgan fingerprint density at radius 3 is 2.68 bits per heavy atom. The van der Waals surface area contributed by atoms with Crippen LogP contribution in [0.3, 0.4) is 0 Å². The van der Waals surface area contributed by atoms with Gasteiger partial charge in [-0.25, -0.2) is 9.97 Å². The lowest BCUT2D eigenvalue weighted by Crippen LogP contribution is -2.15. The fourth-order valence-electron chi connectivity index (χ4n) is 1.34. The molecule has 0 spiro atoms. The minimum absolute atomic E-state index is 0.111. The minimum Gasteiger partial charge on any atom is -0.497 e.